The Morgan fingerprint density at radius 2 is 1.77 bits per heavy atom. The Labute approximate surface area is 233 Å². The third-order valence-electron chi connectivity index (χ3n) is 6.68. The van der Waals surface area contributed by atoms with Crippen LogP contribution in [0.4, 0.5) is 10.5 Å². The van der Waals surface area contributed by atoms with Gasteiger partial charge in [0.2, 0.25) is 5.79 Å². The van der Waals surface area contributed by atoms with Gasteiger partial charge < -0.3 is 35.3 Å². The minimum absolute atomic E-state index is 0.173. The number of unbranched alkanes of at least 4 members (excludes halogenated alkanes) is 4. The third kappa shape index (κ3) is 11.5. The normalized spacial score (nSPS) is 14.8. The lowest BCUT2D eigenvalue weighted by Gasteiger charge is -2.33. The van der Waals surface area contributed by atoms with Gasteiger partial charge in [0, 0.05) is 51.4 Å². The largest absolute Gasteiger partial charge is 0.463 e. The van der Waals surface area contributed by atoms with Crippen LogP contribution in [0.2, 0.25) is 0 Å². The van der Waals surface area contributed by atoms with Crippen LogP contribution in [0.5, 0.6) is 5.75 Å². The first-order valence-electron chi connectivity index (χ1n) is 14.4. The van der Waals surface area contributed by atoms with Crippen molar-refractivity contribution in [2.75, 3.05) is 38.2 Å². The molecule has 0 fully saturated rings. The lowest BCUT2D eigenvalue weighted by Crippen LogP contribution is -2.35. The first-order chi connectivity index (χ1) is 18.9. The Bertz CT molecular complexity index is 996. The summed E-state index contributed by atoms with van der Waals surface area (Å²) in [6.07, 6.45) is 7.08. The number of aliphatic hydroxyl groups excluding tert-OH is 1. The number of ether oxygens (including phenoxy) is 3. The van der Waals surface area contributed by atoms with Crippen molar-refractivity contribution in [2.45, 2.75) is 84.2 Å². The number of fused-ring (bicyclic) bond motifs is 1. The fraction of sp³-hybridized carbons (Fsp3) is 0.581. The summed E-state index contributed by atoms with van der Waals surface area (Å²) in [7, 11) is 0. The van der Waals surface area contributed by atoms with E-state index < -0.39 is 11.9 Å². The number of anilines is 1. The predicted octanol–water partition coefficient (Wildman–Crippen LogP) is 5.70. The lowest BCUT2D eigenvalue weighted by molar-refractivity contribution is -0.180. The fourth-order valence-electron chi connectivity index (χ4n) is 4.46. The van der Waals surface area contributed by atoms with Crippen molar-refractivity contribution in [1.82, 2.24) is 10.6 Å². The van der Waals surface area contributed by atoms with Crippen molar-refractivity contribution >= 4 is 11.7 Å². The molecule has 3 rings (SSSR count). The Kier molecular flexibility index (Phi) is 13.0. The highest BCUT2D eigenvalue weighted by atomic mass is 16.7. The monoisotopic (exact) mass is 541 g/mol. The molecule has 2 aromatic rings. The number of aliphatic hydroxyl groups is 1. The summed E-state index contributed by atoms with van der Waals surface area (Å²) < 4.78 is 17.3. The van der Waals surface area contributed by atoms with Gasteiger partial charge in [-0.05, 0) is 81.0 Å². The molecular weight excluding hydrogens is 494 g/mol. The summed E-state index contributed by atoms with van der Waals surface area (Å²) >= 11 is 0. The van der Waals surface area contributed by atoms with Gasteiger partial charge in [0.25, 0.3) is 0 Å². The van der Waals surface area contributed by atoms with Gasteiger partial charge in [-0.15, -0.1) is 0 Å². The molecule has 0 aromatic heterocycles. The summed E-state index contributed by atoms with van der Waals surface area (Å²) in [6, 6.07) is 13.7. The zero-order valence-corrected chi connectivity index (χ0v) is 23.9. The van der Waals surface area contributed by atoms with E-state index in [9.17, 15) is 9.90 Å². The fourth-order valence-corrected chi connectivity index (χ4v) is 4.46. The highest BCUT2D eigenvalue weighted by Crippen LogP contribution is 2.32. The Morgan fingerprint density at radius 3 is 2.54 bits per heavy atom. The maximum absolute atomic E-state index is 11.6. The van der Waals surface area contributed by atoms with Crippen LogP contribution in [0, 0.1) is 0 Å². The average molecular weight is 542 g/mol. The quantitative estimate of drug-likeness (QED) is 0.192. The number of rotatable bonds is 17. The number of carbonyl (C=O) groups is 1. The first-order valence-corrected chi connectivity index (χ1v) is 14.4. The molecule has 1 aliphatic heterocycles. The van der Waals surface area contributed by atoms with Crippen LogP contribution in [0.1, 0.15) is 82.1 Å². The molecule has 4 N–H and O–H groups in total. The summed E-state index contributed by atoms with van der Waals surface area (Å²) in [4.78, 5) is 11.6. The molecule has 2 amide bonds. The number of carbonyl (C=O) groups excluding carboxylic acids is 1. The second kappa shape index (κ2) is 16.5. The summed E-state index contributed by atoms with van der Waals surface area (Å²) in [6.45, 7) is 9.85. The molecule has 1 aliphatic rings. The van der Waals surface area contributed by atoms with Crippen molar-refractivity contribution in [3.63, 3.8) is 0 Å². The van der Waals surface area contributed by atoms with Gasteiger partial charge in [-0.2, -0.15) is 0 Å². The van der Waals surface area contributed by atoms with Crippen molar-refractivity contribution in [3.05, 3.63) is 59.2 Å². The van der Waals surface area contributed by atoms with E-state index in [2.05, 4.69) is 28.1 Å². The van der Waals surface area contributed by atoms with Gasteiger partial charge in [-0.3, -0.25) is 0 Å². The minimum atomic E-state index is -0.607. The molecule has 1 atom stereocenters. The molecule has 216 valence electrons. The van der Waals surface area contributed by atoms with Crippen LogP contribution in [-0.4, -0.2) is 49.8 Å². The van der Waals surface area contributed by atoms with E-state index in [1.165, 1.54) is 5.56 Å². The zero-order valence-electron chi connectivity index (χ0n) is 23.9. The molecule has 2 aromatic carbocycles. The van der Waals surface area contributed by atoms with Gasteiger partial charge in [0.15, 0.2) is 0 Å². The third-order valence-corrected chi connectivity index (χ3v) is 6.68. The SMILES string of the molecule is CCNC(=O)Nc1ccc(CCCCOCCCCCCNC[C@@H](O)c2ccc3c(c2)COC(C)(C)O3)cc1. The second-order valence-electron chi connectivity index (χ2n) is 10.5. The molecule has 8 heteroatoms. The van der Waals surface area contributed by atoms with E-state index in [0.29, 0.717) is 19.7 Å². The van der Waals surface area contributed by atoms with Crippen LogP contribution in [0.3, 0.4) is 0 Å². The number of benzene rings is 2. The average Bonchev–Trinajstić information content (AvgIpc) is 2.91. The maximum atomic E-state index is 11.6. The van der Waals surface area contributed by atoms with E-state index >= 15 is 0 Å². The van der Waals surface area contributed by atoms with Crippen LogP contribution in [0.15, 0.2) is 42.5 Å². The molecular formula is C31H47N3O5. The van der Waals surface area contributed by atoms with Crippen LogP contribution >= 0.6 is 0 Å². The van der Waals surface area contributed by atoms with Gasteiger partial charge in [0.05, 0.1) is 12.7 Å². The zero-order chi connectivity index (χ0) is 27.9. The number of nitrogens with one attached hydrogen (secondary N) is 3. The second-order valence-corrected chi connectivity index (χ2v) is 10.5. The molecule has 0 aliphatic carbocycles. The molecule has 1 heterocycles. The number of hydrogen-bond donors (Lipinski definition) is 4. The number of hydrogen-bond acceptors (Lipinski definition) is 6. The van der Waals surface area contributed by atoms with Crippen molar-refractivity contribution in [1.29, 1.82) is 0 Å². The maximum Gasteiger partial charge on any atom is 0.319 e. The predicted molar refractivity (Wildman–Crippen MR) is 155 cm³/mol. The van der Waals surface area contributed by atoms with Gasteiger partial charge in [-0.25, -0.2) is 4.79 Å². The smallest absolute Gasteiger partial charge is 0.319 e. The van der Waals surface area contributed by atoms with Gasteiger partial charge in [0.1, 0.15) is 5.75 Å². The van der Waals surface area contributed by atoms with Crippen LogP contribution in [0.25, 0.3) is 0 Å². The van der Waals surface area contributed by atoms with Crippen molar-refractivity contribution < 1.29 is 24.1 Å². The highest BCUT2D eigenvalue weighted by Gasteiger charge is 2.27. The van der Waals surface area contributed by atoms with Gasteiger partial charge >= 0.3 is 6.03 Å². The molecule has 8 nitrogen and oxygen atoms in total. The lowest BCUT2D eigenvalue weighted by atomic mass is 10.0. The Hall–Kier alpha value is -2.65. The van der Waals surface area contributed by atoms with E-state index in [-0.39, 0.29) is 6.03 Å². The first kappa shape index (κ1) is 30.9. The molecule has 0 unspecified atom stereocenters. The molecule has 0 spiro atoms. The summed E-state index contributed by atoms with van der Waals surface area (Å²) in [5.74, 6) is 0.221. The summed E-state index contributed by atoms with van der Waals surface area (Å²) in [5, 5.41) is 19.4. The standard InChI is InChI=1S/C31H47N3O5/c1-4-33-30(36)34-27-15-12-24(13-16-27)11-7-10-20-37-19-9-6-5-8-18-32-22-28(35)25-14-17-29-26(21-25)23-38-31(2,3)39-29/h12-17,21,28,32,35H,4-11,18-20,22-23H2,1-3H3,(H2,33,34,36)/t28-/m1/s1. The van der Waals surface area contributed by atoms with E-state index in [1.807, 2.05) is 51.1 Å². The number of urea groups is 1. The van der Waals surface area contributed by atoms with Crippen LogP contribution < -0.4 is 20.7 Å². The van der Waals surface area contributed by atoms with E-state index in [1.54, 1.807) is 0 Å². The van der Waals surface area contributed by atoms with E-state index in [4.69, 9.17) is 14.2 Å². The molecule has 39 heavy (non-hydrogen) atoms. The topological polar surface area (TPSA) is 101 Å². The Balaban J connectivity index is 1.13. The molecule has 0 bridgehead atoms. The molecule has 0 saturated carbocycles. The van der Waals surface area contributed by atoms with Crippen LogP contribution in [-0.2, 0) is 22.5 Å². The Morgan fingerprint density at radius 1 is 1.03 bits per heavy atom. The van der Waals surface area contributed by atoms with E-state index in [0.717, 1.165) is 87.3 Å². The highest BCUT2D eigenvalue weighted by molar-refractivity contribution is 5.89. The summed E-state index contributed by atoms with van der Waals surface area (Å²) in [5.41, 5.74) is 3.94. The van der Waals surface area contributed by atoms with Crippen molar-refractivity contribution in [3.8, 4) is 5.75 Å². The molecule has 0 radical (unpaired) electrons. The number of aryl methyl sites for hydroxylation is 1. The van der Waals surface area contributed by atoms with Gasteiger partial charge in [-0.1, -0.05) is 31.0 Å². The van der Waals surface area contributed by atoms with Crippen molar-refractivity contribution in [2.24, 2.45) is 0 Å². The minimum Gasteiger partial charge on any atom is -0.463 e. The molecule has 0 saturated heterocycles. The number of amides is 2.